The van der Waals surface area contributed by atoms with E-state index in [0.29, 0.717) is 33.8 Å². The second kappa shape index (κ2) is 11.7. The highest BCUT2D eigenvalue weighted by molar-refractivity contribution is 8.14. The predicted octanol–water partition coefficient (Wildman–Crippen LogP) is 7.23. The van der Waals surface area contributed by atoms with Crippen molar-refractivity contribution in [3.8, 4) is 22.8 Å². The van der Waals surface area contributed by atoms with E-state index in [9.17, 15) is 18.0 Å². The van der Waals surface area contributed by atoms with Gasteiger partial charge in [0.25, 0.3) is 0 Å². The smallest absolute Gasteiger partial charge is 0.406 e. The Morgan fingerprint density at radius 2 is 1.73 bits per heavy atom. The average molecular weight is 581 g/mol. The number of amides is 2. The molecule has 0 spiro atoms. The zero-order chi connectivity index (χ0) is 29.1. The number of thioether (sulfide) groups is 1. The fraction of sp³-hybridized carbons (Fsp3) is 0.241. The number of aryl methyl sites for hydroxylation is 2. The number of halogens is 3. The topological polar surface area (TPSA) is 84.6 Å². The molecule has 8 nitrogen and oxygen atoms in total. The first-order chi connectivity index (χ1) is 19.6. The molecular formula is C29H27F3N6O2S. The number of carbonyl (C=O) groups excluding carboxylic acids is 1. The summed E-state index contributed by atoms with van der Waals surface area (Å²) in [6.07, 6.45) is -3.29. The summed E-state index contributed by atoms with van der Waals surface area (Å²) in [5.41, 5.74) is 5.13. The lowest BCUT2D eigenvalue weighted by atomic mass is 10.1. The van der Waals surface area contributed by atoms with E-state index in [2.05, 4.69) is 62.9 Å². The Kier molecular flexibility index (Phi) is 8.02. The third kappa shape index (κ3) is 6.88. The van der Waals surface area contributed by atoms with Crippen LogP contribution in [0.2, 0.25) is 0 Å². The molecule has 1 fully saturated rings. The molecule has 4 aromatic rings. The van der Waals surface area contributed by atoms with Gasteiger partial charge >= 0.3 is 12.4 Å². The van der Waals surface area contributed by atoms with Crippen molar-refractivity contribution in [3.63, 3.8) is 0 Å². The first-order valence-electron chi connectivity index (χ1n) is 12.8. The number of ether oxygens (including phenoxy) is 1. The van der Waals surface area contributed by atoms with Gasteiger partial charge in [-0.15, -0.1) is 18.3 Å². The van der Waals surface area contributed by atoms with Crippen LogP contribution in [0.1, 0.15) is 18.1 Å². The molecule has 1 aliphatic rings. The fourth-order valence-electron chi connectivity index (χ4n) is 4.51. The summed E-state index contributed by atoms with van der Waals surface area (Å²) in [5.74, 6) is 1.43. The number of anilines is 2. The molecule has 2 amide bonds. The van der Waals surface area contributed by atoms with Gasteiger partial charge in [0.2, 0.25) is 0 Å². The molecule has 0 saturated carbocycles. The molecule has 212 valence electrons. The first kappa shape index (κ1) is 28.2. The van der Waals surface area contributed by atoms with Crippen LogP contribution in [-0.2, 0) is 0 Å². The summed E-state index contributed by atoms with van der Waals surface area (Å²) in [4.78, 5) is 23.7. The van der Waals surface area contributed by atoms with Gasteiger partial charge in [0, 0.05) is 29.2 Å². The molecule has 41 heavy (non-hydrogen) atoms. The standard InChI is InChI=1S/C29H27F3N6O2S/c1-18-15-37(25-19(2)5-4-6-20(25)3)28(41-16-18)35-27(39)34-22-9-7-21(8-10-22)26-33-17-38(36-26)23-11-13-24(14-12-23)40-29(30,31)32/h4-14,17-18H,15-16H2,1-3H3,(H,34,39)/b35-28-. The Balaban J connectivity index is 1.27. The van der Waals surface area contributed by atoms with Crippen LogP contribution in [0.15, 0.2) is 78.0 Å². The van der Waals surface area contributed by atoms with Gasteiger partial charge in [-0.2, -0.15) is 4.99 Å². The maximum atomic E-state index is 12.9. The second-order valence-corrected chi connectivity index (χ2v) is 10.7. The summed E-state index contributed by atoms with van der Waals surface area (Å²) in [6.45, 7) is 7.09. The lowest BCUT2D eigenvalue weighted by molar-refractivity contribution is -0.274. The minimum atomic E-state index is -4.76. The summed E-state index contributed by atoms with van der Waals surface area (Å²) in [5, 5.41) is 7.90. The van der Waals surface area contributed by atoms with Crippen molar-refractivity contribution < 1.29 is 22.7 Å². The van der Waals surface area contributed by atoms with Crippen molar-refractivity contribution in [3.05, 3.63) is 84.2 Å². The van der Waals surface area contributed by atoms with E-state index < -0.39 is 12.4 Å². The van der Waals surface area contributed by atoms with E-state index in [0.717, 1.165) is 29.1 Å². The van der Waals surface area contributed by atoms with Crippen LogP contribution >= 0.6 is 11.8 Å². The van der Waals surface area contributed by atoms with Gasteiger partial charge in [-0.3, -0.25) is 0 Å². The summed E-state index contributed by atoms with van der Waals surface area (Å²) < 4.78 is 42.5. The molecule has 0 bridgehead atoms. The van der Waals surface area contributed by atoms with Crippen molar-refractivity contribution >= 4 is 34.3 Å². The number of urea groups is 1. The van der Waals surface area contributed by atoms with Crippen molar-refractivity contribution in [2.45, 2.75) is 27.1 Å². The number of aromatic nitrogens is 3. The van der Waals surface area contributed by atoms with Crippen LogP contribution in [-0.4, -0.2) is 44.6 Å². The SMILES string of the molecule is Cc1cccc(C)c1N1CC(C)CS/C1=N\C(=O)Nc1ccc(-c2ncn(-c3ccc(OC(F)(F)F)cc3)n2)cc1. The normalized spacial score (nSPS) is 16.6. The zero-order valence-electron chi connectivity index (χ0n) is 22.5. The highest BCUT2D eigenvalue weighted by Gasteiger charge is 2.31. The Hall–Kier alpha value is -4.32. The molecule has 12 heteroatoms. The lowest BCUT2D eigenvalue weighted by Crippen LogP contribution is -2.40. The van der Waals surface area contributed by atoms with Crippen LogP contribution in [0.5, 0.6) is 5.75 Å². The molecule has 1 saturated heterocycles. The fourth-order valence-corrected chi connectivity index (χ4v) is 5.52. The van der Waals surface area contributed by atoms with Crippen LogP contribution in [0, 0.1) is 19.8 Å². The molecule has 0 radical (unpaired) electrons. The Morgan fingerprint density at radius 3 is 2.39 bits per heavy atom. The van der Waals surface area contributed by atoms with Crippen LogP contribution in [0.3, 0.4) is 0 Å². The third-order valence-corrected chi connectivity index (χ3v) is 7.66. The highest BCUT2D eigenvalue weighted by atomic mass is 32.2. The van der Waals surface area contributed by atoms with Crippen molar-refractivity contribution in [2.75, 3.05) is 22.5 Å². The van der Waals surface area contributed by atoms with Gasteiger partial charge in [-0.25, -0.2) is 14.5 Å². The summed E-state index contributed by atoms with van der Waals surface area (Å²) in [7, 11) is 0. The van der Waals surface area contributed by atoms with Gasteiger partial charge < -0.3 is 15.0 Å². The second-order valence-electron chi connectivity index (χ2n) is 9.72. The van der Waals surface area contributed by atoms with Crippen molar-refractivity contribution in [1.82, 2.24) is 14.8 Å². The van der Waals surface area contributed by atoms with Crippen LogP contribution in [0.4, 0.5) is 29.3 Å². The largest absolute Gasteiger partial charge is 0.573 e. The minimum Gasteiger partial charge on any atom is -0.406 e. The van der Waals surface area contributed by atoms with Gasteiger partial charge in [-0.1, -0.05) is 36.9 Å². The van der Waals surface area contributed by atoms with Crippen LogP contribution in [0.25, 0.3) is 17.1 Å². The van der Waals surface area contributed by atoms with Crippen molar-refractivity contribution in [1.29, 1.82) is 0 Å². The van der Waals surface area contributed by atoms with E-state index in [1.54, 1.807) is 36.0 Å². The number of hydrogen-bond donors (Lipinski definition) is 1. The highest BCUT2D eigenvalue weighted by Crippen LogP contribution is 2.32. The molecule has 1 aliphatic heterocycles. The number of hydrogen-bond acceptors (Lipinski definition) is 5. The zero-order valence-corrected chi connectivity index (χ0v) is 23.3. The number of carbonyl (C=O) groups is 1. The Bertz CT molecular complexity index is 1550. The number of amidine groups is 1. The molecule has 1 unspecified atom stereocenters. The van der Waals surface area contributed by atoms with E-state index >= 15 is 0 Å². The van der Waals surface area contributed by atoms with Gasteiger partial charge in [0.1, 0.15) is 12.1 Å². The van der Waals surface area contributed by atoms with E-state index in [1.807, 2.05) is 6.07 Å². The maximum Gasteiger partial charge on any atom is 0.573 e. The number of para-hydroxylation sites is 1. The number of nitrogens with one attached hydrogen (secondary N) is 1. The Labute approximate surface area is 239 Å². The maximum absolute atomic E-state index is 12.9. The summed E-state index contributed by atoms with van der Waals surface area (Å²) in [6, 6.07) is 18.0. The molecule has 1 N–H and O–H groups in total. The first-order valence-corrected chi connectivity index (χ1v) is 13.8. The van der Waals surface area contributed by atoms with E-state index in [4.69, 9.17) is 0 Å². The van der Waals surface area contributed by atoms with E-state index in [1.165, 1.54) is 35.3 Å². The number of aliphatic imine (C=N–C) groups is 1. The van der Waals surface area contributed by atoms with E-state index in [-0.39, 0.29) is 5.75 Å². The predicted molar refractivity (Wildman–Crippen MR) is 155 cm³/mol. The number of alkyl halides is 3. The molecule has 5 rings (SSSR count). The minimum absolute atomic E-state index is 0.320. The number of rotatable bonds is 5. The Morgan fingerprint density at radius 1 is 1.05 bits per heavy atom. The molecule has 2 heterocycles. The van der Waals surface area contributed by atoms with Crippen LogP contribution < -0.4 is 15.0 Å². The number of nitrogens with zero attached hydrogens (tertiary/aromatic N) is 5. The molecule has 1 aromatic heterocycles. The van der Waals surface area contributed by atoms with Crippen molar-refractivity contribution in [2.24, 2.45) is 10.9 Å². The quantitative estimate of drug-likeness (QED) is 0.268. The van der Waals surface area contributed by atoms with Gasteiger partial charge in [0.15, 0.2) is 11.0 Å². The average Bonchev–Trinajstić information content (AvgIpc) is 3.40. The summed E-state index contributed by atoms with van der Waals surface area (Å²) >= 11 is 1.57. The molecule has 1 atom stereocenters. The monoisotopic (exact) mass is 580 g/mol. The lowest BCUT2D eigenvalue weighted by Gasteiger charge is -2.35. The third-order valence-electron chi connectivity index (χ3n) is 6.35. The number of benzene rings is 3. The molecule has 3 aromatic carbocycles. The van der Waals surface area contributed by atoms with Gasteiger partial charge in [0.05, 0.1) is 5.69 Å². The molecule has 0 aliphatic carbocycles. The van der Waals surface area contributed by atoms with Gasteiger partial charge in [-0.05, 0) is 79.4 Å². The molecular weight excluding hydrogens is 553 g/mol.